The molecule has 1 fully saturated rings. The first kappa shape index (κ1) is 19.5. The number of benzene rings is 2. The molecule has 29 heavy (non-hydrogen) atoms. The van der Waals surface area contributed by atoms with Crippen molar-refractivity contribution < 1.29 is 9.53 Å². The quantitative estimate of drug-likeness (QED) is 0.477. The fourth-order valence-corrected chi connectivity index (χ4v) is 4.01. The van der Waals surface area contributed by atoms with Gasteiger partial charge in [0.25, 0.3) is 5.56 Å². The van der Waals surface area contributed by atoms with Gasteiger partial charge in [0.1, 0.15) is 5.75 Å². The van der Waals surface area contributed by atoms with Crippen LogP contribution < -0.4 is 15.6 Å². The van der Waals surface area contributed by atoms with Crippen molar-refractivity contribution >= 4 is 28.6 Å². The molecule has 1 heterocycles. The number of nitrogens with one attached hydrogen (secondary N) is 1. The number of thioether (sulfide) groups is 1. The number of amides is 1. The zero-order valence-corrected chi connectivity index (χ0v) is 17.2. The Labute approximate surface area is 173 Å². The van der Waals surface area contributed by atoms with Gasteiger partial charge in [0.2, 0.25) is 5.91 Å². The van der Waals surface area contributed by atoms with E-state index in [1.807, 2.05) is 56.3 Å². The average molecular weight is 410 g/mol. The minimum Gasteiger partial charge on any atom is -0.492 e. The molecule has 0 unspecified atom stereocenters. The van der Waals surface area contributed by atoms with Gasteiger partial charge < -0.3 is 10.1 Å². The van der Waals surface area contributed by atoms with Gasteiger partial charge in [-0.3, -0.25) is 14.2 Å². The minimum atomic E-state index is -0.380. The van der Waals surface area contributed by atoms with Crippen LogP contribution in [0.2, 0.25) is 0 Å². The van der Waals surface area contributed by atoms with Crippen LogP contribution in [-0.2, 0) is 4.79 Å². The number of fused-ring (bicyclic) bond motifs is 1. The molecule has 0 aliphatic heterocycles. The van der Waals surface area contributed by atoms with Gasteiger partial charge in [-0.25, -0.2) is 4.98 Å². The molecule has 6 nitrogen and oxygen atoms in total. The molecule has 1 aliphatic rings. The van der Waals surface area contributed by atoms with Crippen LogP contribution in [0.4, 0.5) is 0 Å². The van der Waals surface area contributed by atoms with Crippen LogP contribution in [0.25, 0.3) is 16.6 Å². The first-order chi connectivity index (χ1) is 14.1. The number of hydrogen-bond donors (Lipinski definition) is 1. The zero-order valence-electron chi connectivity index (χ0n) is 16.4. The predicted octanol–water partition coefficient (Wildman–Crippen LogP) is 3.54. The lowest BCUT2D eigenvalue weighted by Crippen LogP contribution is -2.33. The lowest BCUT2D eigenvalue weighted by Gasteiger charge is -2.18. The summed E-state index contributed by atoms with van der Waals surface area (Å²) in [6.45, 7) is 4.22. The third-order valence-corrected chi connectivity index (χ3v) is 5.78. The smallest absolute Gasteiger partial charge is 0.266 e. The van der Waals surface area contributed by atoms with Crippen molar-refractivity contribution in [1.82, 2.24) is 14.9 Å². The van der Waals surface area contributed by atoms with E-state index >= 15 is 0 Å². The summed E-state index contributed by atoms with van der Waals surface area (Å²) in [5.74, 6) is 0.565. The highest BCUT2D eigenvalue weighted by Crippen LogP contribution is 2.30. The van der Waals surface area contributed by atoms with E-state index in [1.165, 1.54) is 11.8 Å². The molecule has 0 saturated heterocycles. The summed E-state index contributed by atoms with van der Waals surface area (Å²) in [6.07, 6.45) is 2.06. The number of rotatable bonds is 7. The summed E-state index contributed by atoms with van der Waals surface area (Å²) >= 11 is 1.28. The van der Waals surface area contributed by atoms with Gasteiger partial charge in [0.15, 0.2) is 5.16 Å². The zero-order chi connectivity index (χ0) is 20.4. The van der Waals surface area contributed by atoms with Gasteiger partial charge in [-0.1, -0.05) is 36.0 Å². The molecule has 1 aromatic heterocycles. The van der Waals surface area contributed by atoms with Gasteiger partial charge >= 0.3 is 0 Å². The Kier molecular flexibility index (Phi) is 5.58. The fraction of sp³-hybridized carbons (Fsp3) is 0.318. The Hall–Kier alpha value is -2.80. The molecule has 1 N–H and O–H groups in total. The van der Waals surface area contributed by atoms with Crippen molar-refractivity contribution in [1.29, 1.82) is 0 Å². The molecule has 0 radical (unpaired) electrons. The Balaban J connectivity index is 1.83. The molecule has 2 aromatic carbocycles. The third-order valence-electron chi connectivity index (χ3n) is 4.73. The number of hydrogen-bond acceptors (Lipinski definition) is 5. The van der Waals surface area contributed by atoms with E-state index in [0.29, 0.717) is 34.1 Å². The molecular formula is C22H23N3O3S. The molecule has 3 aromatic rings. The second-order valence-corrected chi connectivity index (χ2v) is 8.30. The van der Waals surface area contributed by atoms with Gasteiger partial charge in [0.05, 0.1) is 28.4 Å². The average Bonchev–Trinajstić information content (AvgIpc) is 3.53. The molecule has 150 valence electrons. The second-order valence-electron chi connectivity index (χ2n) is 7.00. The number of para-hydroxylation sites is 3. The van der Waals surface area contributed by atoms with Gasteiger partial charge in [0, 0.05) is 6.04 Å². The summed E-state index contributed by atoms with van der Waals surface area (Å²) in [6, 6.07) is 14.9. The molecule has 0 spiro atoms. The van der Waals surface area contributed by atoms with Gasteiger partial charge in [-0.2, -0.15) is 0 Å². The van der Waals surface area contributed by atoms with Gasteiger partial charge in [-0.15, -0.1) is 0 Å². The molecular weight excluding hydrogens is 386 g/mol. The van der Waals surface area contributed by atoms with E-state index in [1.54, 1.807) is 10.6 Å². The molecule has 0 bridgehead atoms. The largest absolute Gasteiger partial charge is 0.492 e. The first-order valence-electron chi connectivity index (χ1n) is 9.79. The summed E-state index contributed by atoms with van der Waals surface area (Å²) in [4.78, 5) is 30.6. The highest BCUT2D eigenvalue weighted by Gasteiger charge is 2.27. The third kappa shape index (κ3) is 4.15. The van der Waals surface area contributed by atoms with Crippen LogP contribution in [0.15, 0.2) is 58.5 Å². The second kappa shape index (κ2) is 8.29. The van der Waals surface area contributed by atoms with Crippen LogP contribution in [0, 0.1) is 0 Å². The molecule has 7 heteroatoms. The van der Waals surface area contributed by atoms with E-state index in [0.717, 1.165) is 12.8 Å². The van der Waals surface area contributed by atoms with Crippen LogP contribution in [0.1, 0.15) is 26.7 Å². The van der Waals surface area contributed by atoms with E-state index in [-0.39, 0.29) is 22.8 Å². The molecule has 1 saturated carbocycles. The van der Waals surface area contributed by atoms with Crippen LogP contribution in [0.3, 0.4) is 0 Å². The monoisotopic (exact) mass is 409 g/mol. The van der Waals surface area contributed by atoms with Crippen LogP contribution >= 0.6 is 11.8 Å². The summed E-state index contributed by atoms with van der Waals surface area (Å²) < 4.78 is 7.31. The molecule has 1 aliphatic carbocycles. The van der Waals surface area contributed by atoms with Crippen molar-refractivity contribution in [2.24, 2.45) is 0 Å². The van der Waals surface area contributed by atoms with E-state index in [2.05, 4.69) is 5.32 Å². The maximum atomic E-state index is 13.4. The maximum Gasteiger partial charge on any atom is 0.266 e. The van der Waals surface area contributed by atoms with Crippen molar-refractivity contribution in [3.8, 4) is 11.4 Å². The number of aromatic nitrogens is 2. The Morgan fingerprint density at radius 3 is 2.72 bits per heavy atom. The Morgan fingerprint density at radius 2 is 1.97 bits per heavy atom. The summed E-state index contributed by atoms with van der Waals surface area (Å²) in [7, 11) is 0. The maximum absolute atomic E-state index is 13.4. The topological polar surface area (TPSA) is 73.2 Å². The number of carbonyl (C=O) groups excluding carboxylic acids is 1. The fourth-order valence-electron chi connectivity index (χ4n) is 3.08. The van der Waals surface area contributed by atoms with Crippen LogP contribution in [-0.4, -0.2) is 33.4 Å². The van der Waals surface area contributed by atoms with Crippen molar-refractivity contribution in [2.45, 2.75) is 43.1 Å². The lowest BCUT2D eigenvalue weighted by atomic mass is 10.2. The van der Waals surface area contributed by atoms with Gasteiger partial charge in [-0.05, 0) is 51.0 Å². The summed E-state index contributed by atoms with van der Waals surface area (Å²) in [5.41, 5.74) is 1.05. The van der Waals surface area contributed by atoms with Crippen LogP contribution in [0.5, 0.6) is 5.75 Å². The minimum absolute atomic E-state index is 0.0375. The Bertz CT molecular complexity index is 1110. The Morgan fingerprint density at radius 1 is 1.24 bits per heavy atom. The molecule has 1 amide bonds. The van der Waals surface area contributed by atoms with E-state index in [9.17, 15) is 9.59 Å². The number of ether oxygens (including phenoxy) is 1. The molecule has 1 atom stereocenters. The first-order valence-corrected chi connectivity index (χ1v) is 10.7. The van der Waals surface area contributed by atoms with Crippen molar-refractivity contribution in [3.05, 3.63) is 58.9 Å². The van der Waals surface area contributed by atoms with E-state index in [4.69, 9.17) is 9.72 Å². The van der Waals surface area contributed by atoms with Crippen molar-refractivity contribution in [2.75, 3.05) is 6.61 Å². The molecule has 4 rings (SSSR count). The highest BCUT2D eigenvalue weighted by molar-refractivity contribution is 8.00. The number of carbonyl (C=O) groups is 1. The SMILES string of the molecule is CCOc1ccccc1-n1c(S[C@@H](C)C(=O)NC2CC2)nc2ccccc2c1=O. The number of nitrogens with zero attached hydrogens (tertiary/aromatic N) is 2. The lowest BCUT2D eigenvalue weighted by molar-refractivity contribution is -0.120. The predicted molar refractivity (Wildman–Crippen MR) is 115 cm³/mol. The highest BCUT2D eigenvalue weighted by atomic mass is 32.2. The van der Waals surface area contributed by atoms with E-state index < -0.39 is 0 Å². The standard InChI is InChI=1S/C22H23N3O3S/c1-3-28-19-11-7-6-10-18(19)25-21(27)16-8-4-5-9-17(16)24-22(25)29-14(2)20(26)23-15-12-13-15/h4-11,14-15H,3,12-13H2,1-2H3,(H,23,26)/t14-/m0/s1. The van der Waals surface area contributed by atoms with Crippen molar-refractivity contribution in [3.63, 3.8) is 0 Å². The summed E-state index contributed by atoms with van der Waals surface area (Å²) in [5, 5.41) is 3.63. The normalized spacial score (nSPS) is 14.6.